The highest BCUT2D eigenvalue weighted by Crippen LogP contribution is 2.21. The van der Waals surface area contributed by atoms with Gasteiger partial charge in [0, 0.05) is 38.1 Å². The first-order valence-corrected chi connectivity index (χ1v) is 6.70. The minimum absolute atomic E-state index is 0.112. The van der Waals surface area contributed by atoms with E-state index in [9.17, 15) is 10.1 Å². The molecule has 1 N–H and O–H groups in total. The monoisotopic (exact) mass is 282 g/mol. The Bertz CT molecular complexity index is 424. The number of methoxy groups -OCH3 is 1. The number of hydrogen-bond donors (Lipinski definition) is 1. The van der Waals surface area contributed by atoms with Crippen LogP contribution < -0.4 is 5.32 Å². The molecule has 0 fully saturated rings. The molecule has 1 aromatic carbocycles. The standard InChI is InChI=1S/C14H22N2O4/c1-12-5-6-13(16(17)18)11-14(12)15-7-3-4-8-20-10-9-19-2/h5-6,11,15H,3-4,7-10H2,1-2H3. The Balaban J connectivity index is 2.24. The van der Waals surface area contributed by atoms with Gasteiger partial charge in [-0.2, -0.15) is 0 Å². The minimum atomic E-state index is -0.381. The molecule has 6 nitrogen and oxygen atoms in total. The topological polar surface area (TPSA) is 73.6 Å². The number of hydrogen-bond acceptors (Lipinski definition) is 5. The molecular formula is C14H22N2O4. The first kappa shape index (κ1) is 16.4. The van der Waals surface area contributed by atoms with Crippen LogP contribution in [0.5, 0.6) is 0 Å². The fourth-order valence-electron chi connectivity index (χ4n) is 1.71. The molecule has 0 aliphatic rings. The summed E-state index contributed by atoms with van der Waals surface area (Å²) in [6.45, 7) is 4.65. The van der Waals surface area contributed by atoms with Crippen molar-refractivity contribution in [3.05, 3.63) is 33.9 Å². The molecule has 112 valence electrons. The fraction of sp³-hybridized carbons (Fsp3) is 0.571. The van der Waals surface area contributed by atoms with Gasteiger partial charge in [0.15, 0.2) is 0 Å². The second-order valence-electron chi connectivity index (χ2n) is 4.50. The lowest BCUT2D eigenvalue weighted by molar-refractivity contribution is -0.384. The van der Waals surface area contributed by atoms with Crippen LogP contribution in [0.25, 0.3) is 0 Å². The van der Waals surface area contributed by atoms with Crippen LogP contribution in [0.1, 0.15) is 18.4 Å². The highest BCUT2D eigenvalue weighted by atomic mass is 16.6. The van der Waals surface area contributed by atoms with Crippen molar-refractivity contribution in [3.8, 4) is 0 Å². The fourth-order valence-corrected chi connectivity index (χ4v) is 1.71. The van der Waals surface area contributed by atoms with Crippen LogP contribution in [-0.2, 0) is 9.47 Å². The third kappa shape index (κ3) is 5.99. The third-order valence-electron chi connectivity index (χ3n) is 2.89. The van der Waals surface area contributed by atoms with Gasteiger partial charge in [-0.25, -0.2) is 0 Å². The lowest BCUT2D eigenvalue weighted by Crippen LogP contribution is -2.07. The van der Waals surface area contributed by atoms with Crippen LogP contribution in [0.4, 0.5) is 11.4 Å². The normalized spacial score (nSPS) is 10.5. The van der Waals surface area contributed by atoms with E-state index in [0.717, 1.165) is 30.6 Å². The molecule has 0 heterocycles. The van der Waals surface area contributed by atoms with Gasteiger partial charge in [-0.3, -0.25) is 10.1 Å². The lowest BCUT2D eigenvalue weighted by Gasteiger charge is -2.09. The number of anilines is 1. The average Bonchev–Trinajstić information content (AvgIpc) is 2.43. The smallest absolute Gasteiger partial charge is 0.271 e. The van der Waals surface area contributed by atoms with Crippen LogP contribution in [0.2, 0.25) is 0 Å². The van der Waals surface area contributed by atoms with Gasteiger partial charge >= 0.3 is 0 Å². The van der Waals surface area contributed by atoms with Gasteiger partial charge in [-0.1, -0.05) is 6.07 Å². The summed E-state index contributed by atoms with van der Waals surface area (Å²) in [6.07, 6.45) is 1.90. The molecule has 0 saturated heterocycles. The van der Waals surface area contributed by atoms with Gasteiger partial charge in [0.05, 0.1) is 18.1 Å². The Labute approximate surface area is 119 Å². The number of ether oxygens (including phenoxy) is 2. The number of nitro groups is 1. The Morgan fingerprint density at radius 1 is 1.25 bits per heavy atom. The first-order chi connectivity index (χ1) is 9.65. The Morgan fingerprint density at radius 3 is 2.75 bits per heavy atom. The molecule has 0 atom stereocenters. The van der Waals surface area contributed by atoms with Crippen molar-refractivity contribution in [1.82, 2.24) is 0 Å². The second kappa shape index (κ2) is 9.28. The van der Waals surface area contributed by atoms with Crippen LogP contribution >= 0.6 is 0 Å². The Kier molecular flexibility index (Phi) is 7.60. The molecule has 0 aromatic heterocycles. The molecule has 1 aromatic rings. The highest BCUT2D eigenvalue weighted by molar-refractivity contribution is 5.56. The van der Waals surface area contributed by atoms with Crippen molar-refractivity contribution >= 4 is 11.4 Å². The molecule has 0 saturated carbocycles. The maximum atomic E-state index is 10.7. The van der Waals surface area contributed by atoms with Gasteiger partial charge in [0.25, 0.3) is 5.69 Å². The number of rotatable bonds is 10. The van der Waals surface area contributed by atoms with Crippen molar-refractivity contribution in [2.45, 2.75) is 19.8 Å². The van der Waals surface area contributed by atoms with E-state index < -0.39 is 0 Å². The number of nitro benzene ring substituents is 1. The maximum Gasteiger partial charge on any atom is 0.271 e. The molecule has 1 rings (SSSR count). The van der Waals surface area contributed by atoms with Gasteiger partial charge in [0.2, 0.25) is 0 Å². The molecule has 0 radical (unpaired) electrons. The van der Waals surface area contributed by atoms with Crippen LogP contribution in [-0.4, -0.2) is 38.4 Å². The Morgan fingerprint density at radius 2 is 2.05 bits per heavy atom. The molecule has 0 bridgehead atoms. The molecule has 0 unspecified atom stereocenters. The largest absolute Gasteiger partial charge is 0.385 e. The number of benzene rings is 1. The molecule has 0 spiro atoms. The molecule has 6 heteroatoms. The van der Waals surface area contributed by atoms with Gasteiger partial charge in [0.1, 0.15) is 0 Å². The SMILES string of the molecule is COCCOCCCCNc1cc([N+](=O)[O-])ccc1C. The highest BCUT2D eigenvalue weighted by Gasteiger charge is 2.07. The summed E-state index contributed by atoms with van der Waals surface area (Å²) < 4.78 is 10.2. The van der Waals surface area contributed by atoms with E-state index in [1.165, 1.54) is 6.07 Å². The quantitative estimate of drug-likeness (QED) is 0.406. The maximum absolute atomic E-state index is 10.7. The van der Waals surface area contributed by atoms with E-state index in [2.05, 4.69) is 5.32 Å². The van der Waals surface area contributed by atoms with Crippen molar-refractivity contribution in [1.29, 1.82) is 0 Å². The van der Waals surface area contributed by atoms with Crippen LogP contribution in [0.3, 0.4) is 0 Å². The summed E-state index contributed by atoms with van der Waals surface area (Å²) >= 11 is 0. The summed E-state index contributed by atoms with van der Waals surface area (Å²) in [4.78, 5) is 10.3. The lowest BCUT2D eigenvalue weighted by atomic mass is 10.1. The molecule has 0 amide bonds. The summed E-state index contributed by atoms with van der Waals surface area (Å²) in [5.74, 6) is 0. The van der Waals surface area contributed by atoms with Gasteiger partial charge in [-0.05, 0) is 25.3 Å². The van der Waals surface area contributed by atoms with Crippen molar-refractivity contribution in [2.24, 2.45) is 0 Å². The summed E-state index contributed by atoms with van der Waals surface area (Å²) in [6, 6.07) is 4.85. The van der Waals surface area contributed by atoms with Crippen LogP contribution in [0.15, 0.2) is 18.2 Å². The van der Waals surface area contributed by atoms with Gasteiger partial charge in [-0.15, -0.1) is 0 Å². The number of nitrogens with one attached hydrogen (secondary N) is 1. The molecular weight excluding hydrogens is 260 g/mol. The Hall–Kier alpha value is -1.66. The number of nitrogens with zero attached hydrogens (tertiary/aromatic N) is 1. The zero-order valence-corrected chi connectivity index (χ0v) is 12.1. The molecule has 0 aliphatic heterocycles. The van der Waals surface area contributed by atoms with E-state index >= 15 is 0 Å². The predicted octanol–water partition coefficient (Wildman–Crippen LogP) is 2.76. The number of non-ortho nitro benzene ring substituents is 1. The number of unbranched alkanes of at least 4 members (excludes halogenated alkanes) is 1. The van der Waals surface area contributed by atoms with Crippen LogP contribution in [0, 0.1) is 17.0 Å². The molecule has 20 heavy (non-hydrogen) atoms. The second-order valence-corrected chi connectivity index (χ2v) is 4.50. The van der Waals surface area contributed by atoms with Crippen molar-refractivity contribution in [2.75, 3.05) is 38.8 Å². The first-order valence-electron chi connectivity index (χ1n) is 6.70. The average molecular weight is 282 g/mol. The van der Waals surface area contributed by atoms with Crippen molar-refractivity contribution in [3.63, 3.8) is 0 Å². The summed E-state index contributed by atoms with van der Waals surface area (Å²) in [7, 11) is 1.65. The summed E-state index contributed by atoms with van der Waals surface area (Å²) in [5.41, 5.74) is 1.94. The van der Waals surface area contributed by atoms with E-state index in [0.29, 0.717) is 19.8 Å². The minimum Gasteiger partial charge on any atom is -0.385 e. The van der Waals surface area contributed by atoms with Crippen molar-refractivity contribution < 1.29 is 14.4 Å². The van der Waals surface area contributed by atoms with E-state index in [1.54, 1.807) is 19.2 Å². The van der Waals surface area contributed by atoms with E-state index in [-0.39, 0.29) is 10.6 Å². The summed E-state index contributed by atoms with van der Waals surface area (Å²) in [5, 5.41) is 13.9. The van der Waals surface area contributed by atoms with E-state index in [4.69, 9.17) is 9.47 Å². The van der Waals surface area contributed by atoms with Gasteiger partial charge < -0.3 is 14.8 Å². The number of aryl methyl sites for hydroxylation is 1. The third-order valence-corrected chi connectivity index (χ3v) is 2.89. The zero-order chi connectivity index (χ0) is 14.8. The predicted molar refractivity (Wildman–Crippen MR) is 78.3 cm³/mol. The zero-order valence-electron chi connectivity index (χ0n) is 12.1. The molecule has 0 aliphatic carbocycles. The van der Waals surface area contributed by atoms with E-state index in [1.807, 2.05) is 6.92 Å².